The van der Waals surface area contributed by atoms with Crippen molar-refractivity contribution < 1.29 is 5.11 Å². The Morgan fingerprint density at radius 2 is 2.23 bits per heavy atom. The number of hydrogen-bond acceptors (Lipinski definition) is 3. The van der Waals surface area contributed by atoms with E-state index in [1.807, 2.05) is 6.07 Å². The third-order valence-electron chi connectivity index (χ3n) is 1.81. The van der Waals surface area contributed by atoms with E-state index in [0.717, 1.165) is 6.54 Å². The van der Waals surface area contributed by atoms with E-state index < -0.39 is 0 Å². The van der Waals surface area contributed by atoms with Crippen molar-refractivity contribution in [2.45, 2.75) is 13.5 Å². The van der Waals surface area contributed by atoms with E-state index in [-0.39, 0.29) is 6.61 Å². The molecule has 0 fully saturated rings. The van der Waals surface area contributed by atoms with E-state index >= 15 is 0 Å². The summed E-state index contributed by atoms with van der Waals surface area (Å²) in [7, 11) is 0. The van der Waals surface area contributed by atoms with Crippen LogP contribution in [-0.4, -0.2) is 22.6 Å². The van der Waals surface area contributed by atoms with Crippen molar-refractivity contribution in [3.05, 3.63) is 35.4 Å². The molecule has 1 aromatic rings. The summed E-state index contributed by atoms with van der Waals surface area (Å²) in [4.78, 5) is 0. The number of hydrogen-bond donors (Lipinski definition) is 2. The molecule has 13 heavy (non-hydrogen) atoms. The Balaban J connectivity index is 2.53. The highest BCUT2D eigenvalue weighted by atomic mass is 32.1. The van der Waals surface area contributed by atoms with Gasteiger partial charge in [0.1, 0.15) is 0 Å². The minimum atomic E-state index is 0.148. The SMILES string of the molecule is Cc1cccc(CN(S)CCO)c1. The zero-order chi connectivity index (χ0) is 9.68. The van der Waals surface area contributed by atoms with Gasteiger partial charge in [0.25, 0.3) is 0 Å². The second kappa shape index (κ2) is 5.27. The number of aryl methyl sites for hydroxylation is 1. The smallest absolute Gasteiger partial charge is 0.0567 e. The fraction of sp³-hybridized carbons (Fsp3) is 0.400. The largest absolute Gasteiger partial charge is 0.395 e. The van der Waals surface area contributed by atoms with Gasteiger partial charge < -0.3 is 5.11 Å². The summed E-state index contributed by atoms with van der Waals surface area (Å²) < 4.78 is 1.80. The Morgan fingerprint density at radius 3 is 2.85 bits per heavy atom. The first-order chi connectivity index (χ1) is 6.22. The third-order valence-corrected chi connectivity index (χ3v) is 2.15. The molecule has 0 amide bonds. The Kier molecular flexibility index (Phi) is 4.28. The van der Waals surface area contributed by atoms with Crippen molar-refractivity contribution in [2.75, 3.05) is 13.2 Å². The van der Waals surface area contributed by atoms with E-state index in [4.69, 9.17) is 5.11 Å². The van der Waals surface area contributed by atoms with E-state index in [1.54, 1.807) is 4.31 Å². The van der Waals surface area contributed by atoms with Crippen LogP contribution in [0.4, 0.5) is 0 Å². The third kappa shape index (κ3) is 3.81. The van der Waals surface area contributed by atoms with Crippen LogP contribution in [-0.2, 0) is 6.54 Å². The zero-order valence-corrected chi connectivity index (χ0v) is 8.67. The van der Waals surface area contributed by atoms with Gasteiger partial charge in [-0.05, 0) is 12.5 Å². The lowest BCUT2D eigenvalue weighted by atomic mass is 10.1. The predicted molar refractivity (Wildman–Crippen MR) is 57.7 cm³/mol. The maximum atomic E-state index is 8.68. The molecule has 0 bridgehead atoms. The van der Waals surface area contributed by atoms with Crippen LogP contribution in [0, 0.1) is 6.92 Å². The molecule has 0 aliphatic rings. The highest BCUT2D eigenvalue weighted by Gasteiger charge is 1.99. The van der Waals surface area contributed by atoms with Crippen molar-refractivity contribution in [1.29, 1.82) is 0 Å². The Labute approximate surface area is 84.7 Å². The monoisotopic (exact) mass is 197 g/mol. The lowest BCUT2D eigenvalue weighted by Crippen LogP contribution is -2.16. The maximum absolute atomic E-state index is 8.68. The van der Waals surface area contributed by atoms with Gasteiger partial charge in [-0.15, -0.1) is 0 Å². The molecule has 72 valence electrons. The summed E-state index contributed by atoms with van der Waals surface area (Å²) in [6.45, 7) is 3.58. The molecule has 0 spiro atoms. The molecule has 0 saturated carbocycles. The molecule has 0 radical (unpaired) electrons. The number of aliphatic hydroxyl groups is 1. The molecule has 0 aromatic heterocycles. The van der Waals surface area contributed by atoms with Gasteiger partial charge in [0, 0.05) is 13.1 Å². The summed E-state index contributed by atoms with van der Waals surface area (Å²) in [5.74, 6) is 0. The van der Waals surface area contributed by atoms with Gasteiger partial charge in [0.05, 0.1) is 6.61 Å². The van der Waals surface area contributed by atoms with Crippen molar-refractivity contribution in [2.24, 2.45) is 0 Å². The van der Waals surface area contributed by atoms with Gasteiger partial charge >= 0.3 is 0 Å². The maximum Gasteiger partial charge on any atom is 0.0567 e. The minimum absolute atomic E-state index is 0.148. The number of benzene rings is 1. The fourth-order valence-corrected chi connectivity index (χ4v) is 1.47. The second-order valence-electron chi connectivity index (χ2n) is 3.10. The quantitative estimate of drug-likeness (QED) is 0.717. The van der Waals surface area contributed by atoms with E-state index in [0.29, 0.717) is 6.54 Å². The van der Waals surface area contributed by atoms with Crippen molar-refractivity contribution >= 4 is 12.8 Å². The first kappa shape index (κ1) is 10.6. The van der Waals surface area contributed by atoms with Gasteiger partial charge in [0.2, 0.25) is 0 Å². The first-order valence-corrected chi connectivity index (χ1v) is 4.72. The van der Waals surface area contributed by atoms with E-state index in [9.17, 15) is 0 Å². The Bertz CT molecular complexity index is 265. The van der Waals surface area contributed by atoms with Crippen LogP contribution in [0.3, 0.4) is 0 Å². The average molecular weight is 197 g/mol. The highest BCUT2D eigenvalue weighted by Crippen LogP contribution is 2.08. The fourth-order valence-electron chi connectivity index (χ4n) is 1.22. The summed E-state index contributed by atoms with van der Waals surface area (Å²) in [5.41, 5.74) is 2.48. The minimum Gasteiger partial charge on any atom is -0.395 e. The molecular formula is C10H15NOS. The topological polar surface area (TPSA) is 23.5 Å². The number of thiol groups is 1. The highest BCUT2D eigenvalue weighted by molar-refractivity contribution is 7.77. The molecule has 0 atom stereocenters. The van der Waals surface area contributed by atoms with Crippen LogP contribution in [0.5, 0.6) is 0 Å². The summed E-state index contributed by atoms with van der Waals surface area (Å²) in [5, 5.41) is 8.68. The Morgan fingerprint density at radius 1 is 1.46 bits per heavy atom. The summed E-state index contributed by atoms with van der Waals surface area (Å²) in [6.07, 6.45) is 0. The van der Waals surface area contributed by atoms with Gasteiger partial charge in [-0.3, -0.25) is 0 Å². The zero-order valence-electron chi connectivity index (χ0n) is 7.77. The molecule has 1 N–H and O–H groups in total. The molecule has 0 aliphatic heterocycles. The second-order valence-corrected chi connectivity index (χ2v) is 3.67. The standard InChI is InChI=1S/C10H15NOS/c1-9-3-2-4-10(7-9)8-11(13)5-6-12/h2-4,7,12-13H,5-6,8H2,1H3. The molecular weight excluding hydrogens is 182 g/mol. The van der Waals surface area contributed by atoms with Crippen LogP contribution in [0.25, 0.3) is 0 Å². The van der Waals surface area contributed by atoms with Crippen molar-refractivity contribution in [3.8, 4) is 0 Å². The Hall–Kier alpha value is -0.510. The molecule has 2 nitrogen and oxygen atoms in total. The predicted octanol–water partition coefficient (Wildman–Crippen LogP) is 1.63. The summed E-state index contributed by atoms with van der Waals surface area (Å²) in [6, 6.07) is 8.29. The van der Waals surface area contributed by atoms with Gasteiger partial charge in [-0.2, -0.15) is 0 Å². The van der Waals surface area contributed by atoms with Crippen LogP contribution in [0.1, 0.15) is 11.1 Å². The van der Waals surface area contributed by atoms with Crippen LogP contribution < -0.4 is 0 Å². The van der Waals surface area contributed by atoms with E-state index in [2.05, 4.69) is 37.9 Å². The van der Waals surface area contributed by atoms with E-state index in [1.165, 1.54) is 11.1 Å². The van der Waals surface area contributed by atoms with Gasteiger partial charge in [-0.25, -0.2) is 4.31 Å². The molecule has 0 aliphatic carbocycles. The lowest BCUT2D eigenvalue weighted by molar-refractivity contribution is 0.261. The molecule has 0 saturated heterocycles. The van der Waals surface area contributed by atoms with Gasteiger partial charge in [-0.1, -0.05) is 42.6 Å². The molecule has 1 aromatic carbocycles. The molecule has 3 heteroatoms. The van der Waals surface area contributed by atoms with Gasteiger partial charge in [0.15, 0.2) is 0 Å². The average Bonchev–Trinajstić information content (AvgIpc) is 2.04. The summed E-state index contributed by atoms with van der Waals surface area (Å²) >= 11 is 4.23. The molecule has 0 heterocycles. The van der Waals surface area contributed by atoms with Crippen molar-refractivity contribution in [3.63, 3.8) is 0 Å². The first-order valence-electron chi connectivity index (χ1n) is 4.32. The number of aliphatic hydroxyl groups excluding tert-OH is 1. The van der Waals surface area contributed by atoms with Crippen LogP contribution >= 0.6 is 12.8 Å². The number of rotatable bonds is 4. The van der Waals surface area contributed by atoms with Crippen LogP contribution in [0.2, 0.25) is 0 Å². The van der Waals surface area contributed by atoms with Crippen molar-refractivity contribution in [1.82, 2.24) is 4.31 Å². The molecule has 1 rings (SSSR count). The lowest BCUT2D eigenvalue weighted by Gasteiger charge is -2.13. The number of nitrogens with zero attached hydrogens (tertiary/aromatic N) is 1. The normalized spacial score (nSPS) is 10.8. The van der Waals surface area contributed by atoms with Crippen LogP contribution in [0.15, 0.2) is 24.3 Å². The molecule has 0 unspecified atom stereocenters.